The lowest BCUT2D eigenvalue weighted by Gasteiger charge is -2.27. The Bertz CT molecular complexity index is 1770. The number of anilines is 1. The number of nitrogens with zero attached hydrogens (tertiary/aromatic N) is 7. The first-order valence-corrected chi connectivity index (χ1v) is 15.0. The number of ketones is 1. The van der Waals surface area contributed by atoms with Crippen molar-refractivity contribution in [2.45, 2.75) is 58.8 Å². The van der Waals surface area contributed by atoms with Crippen LogP contribution in [0.25, 0.3) is 22.0 Å². The second-order valence-corrected chi connectivity index (χ2v) is 12.9. The summed E-state index contributed by atoms with van der Waals surface area (Å²) in [4.78, 5) is 57.0. The number of piperidine rings is 1. The summed E-state index contributed by atoms with van der Waals surface area (Å²) in [6.45, 7) is 6.00. The van der Waals surface area contributed by atoms with E-state index in [2.05, 4.69) is 48.2 Å². The lowest BCUT2D eigenvalue weighted by molar-refractivity contribution is -0.138. The molecule has 43 heavy (non-hydrogen) atoms. The Morgan fingerprint density at radius 3 is 2.53 bits per heavy atom. The third-order valence-electron chi connectivity index (χ3n) is 8.40. The number of benzene rings is 1. The van der Waals surface area contributed by atoms with Crippen molar-refractivity contribution < 1.29 is 14.4 Å². The first-order valence-electron chi connectivity index (χ1n) is 14.2. The summed E-state index contributed by atoms with van der Waals surface area (Å²) in [5.74, 6) is 0.521. The summed E-state index contributed by atoms with van der Waals surface area (Å²) >= 11 is 3.36. The number of rotatable bonds is 8. The average Bonchev–Trinajstić information content (AvgIpc) is 3.32. The van der Waals surface area contributed by atoms with E-state index in [9.17, 15) is 14.4 Å². The number of aromatic nitrogens is 5. The molecule has 1 unspecified atom stereocenters. The third-order valence-corrected chi connectivity index (χ3v) is 8.84. The van der Waals surface area contributed by atoms with Crippen LogP contribution in [0.3, 0.4) is 0 Å². The lowest BCUT2D eigenvalue weighted by atomic mass is 10.0. The van der Waals surface area contributed by atoms with Crippen LogP contribution >= 0.6 is 15.9 Å². The van der Waals surface area contributed by atoms with Crippen LogP contribution in [-0.4, -0.2) is 78.3 Å². The Kier molecular flexibility index (Phi) is 7.37. The minimum Gasteiger partial charge on any atom is -0.325 e. The molecule has 0 bridgehead atoms. The topological polar surface area (TPSA) is 126 Å². The van der Waals surface area contributed by atoms with Gasteiger partial charge in [0.1, 0.15) is 34.5 Å². The molecule has 2 amide bonds. The van der Waals surface area contributed by atoms with Gasteiger partial charge in [0.25, 0.3) is 0 Å². The fraction of sp³-hybridized carbons (Fsp3) is 0.387. The smallest absolute Gasteiger partial charge is 0.248 e. The van der Waals surface area contributed by atoms with E-state index in [0.29, 0.717) is 40.1 Å². The number of Topliss-reactive ketones (excluding diaryl/α,β-unsaturated/α-hetero) is 1. The van der Waals surface area contributed by atoms with Gasteiger partial charge in [-0.2, -0.15) is 5.10 Å². The first-order chi connectivity index (χ1) is 20.4. The number of fused-ring (bicyclic) bond motifs is 2. The van der Waals surface area contributed by atoms with Crippen molar-refractivity contribution in [1.29, 1.82) is 0 Å². The van der Waals surface area contributed by atoms with E-state index in [0.717, 1.165) is 23.1 Å². The monoisotopic (exact) mass is 644 g/mol. The Balaban J connectivity index is 1.26. The normalized spacial score (nSPS) is 20.9. The van der Waals surface area contributed by atoms with Gasteiger partial charge in [0.15, 0.2) is 5.78 Å². The number of halogens is 1. The zero-order valence-electron chi connectivity index (χ0n) is 24.8. The van der Waals surface area contributed by atoms with Gasteiger partial charge < -0.3 is 15.1 Å². The lowest BCUT2D eigenvalue weighted by Crippen LogP contribution is -2.47. The number of hydrogen-bond donors (Lipinski definition) is 1. The van der Waals surface area contributed by atoms with E-state index in [-0.39, 0.29) is 41.3 Å². The Hall–Kier alpha value is -4.03. The van der Waals surface area contributed by atoms with Gasteiger partial charge in [-0.25, -0.2) is 15.0 Å². The molecule has 1 saturated carbocycles. The summed E-state index contributed by atoms with van der Waals surface area (Å²) in [6.07, 6.45) is 4.98. The van der Waals surface area contributed by atoms with Gasteiger partial charge >= 0.3 is 0 Å². The highest BCUT2D eigenvalue weighted by Gasteiger charge is 2.64. The second-order valence-electron chi connectivity index (χ2n) is 12.1. The number of nitrogens with one attached hydrogen (secondary N) is 1. The number of hydrogen-bond acceptors (Lipinski definition) is 8. The van der Waals surface area contributed by atoms with Crippen molar-refractivity contribution in [3.8, 4) is 11.1 Å². The van der Waals surface area contributed by atoms with Crippen LogP contribution in [0.15, 0.2) is 47.3 Å². The maximum atomic E-state index is 13.9. The number of carbonyl (C=O) groups excluding carboxylic acids is 3. The highest BCUT2D eigenvalue weighted by atomic mass is 79.9. The predicted molar refractivity (Wildman–Crippen MR) is 165 cm³/mol. The second kappa shape index (κ2) is 10.9. The molecule has 2 aliphatic rings. The van der Waals surface area contributed by atoms with E-state index in [1.54, 1.807) is 22.0 Å². The van der Waals surface area contributed by atoms with Crippen LogP contribution in [0.2, 0.25) is 0 Å². The van der Waals surface area contributed by atoms with Gasteiger partial charge in [0.2, 0.25) is 11.8 Å². The van der Waals surface area contributed by atoms with Crippen molar-refractivity contribution in [1.82, 2.24) is 34.5 Å². The number of pyridine rings is 1. The molecule has 3 aromatic heterocycles. The van der Waals surface area contributed by atoms with E-state index in [1.807, 2.05) is 56.3 Å². The van der Waals surface area contributed by atoms with E-state index < -0.39 is 6.04 Å². The van der Waals surface area contributed by atoms with Crippen LogP contribution in [0.4, 0.5) is 5.82 Å². The third kappa shape index (κ3) is 5.56. The van der Waals surface area contributed by atoms with Crippen LogP contribution in [0.1, 0.15) is 48.6 Å². The largest absolute Gasteiger partial charge is 0.325 e. The molecule has 12 heteroatoms. The zero-order chi connectivity index (χ0) is 30.6. The first kappa shape index (κ1) is 29.1. The molecule has 222 valence electrons. The molecule has 1 saturated heterocycles. The molecule has 6 rings (SSSR count). The average molecular weight is 646 g/mol. The van der Waals surface area contributed by atoms with Crippen molar-refractivity contribution in [3.63, 3.8) is 0 Å². The van der Waals surface area contributed by atoms with Gasteiger partial charge in [-0.05, 0) is 84.5 Å². The van der Waals surface area contributed by atoms with E-state index >= 15 is 0 Å². The van der Waals surface area contributed by atoms with Crippen LogP contribution in [0, 0.1) is 12.3 Å². The van der Waals surface area contributed by atoms with Gasteiger partial charge in [-0.1, -0.05) is 19.1 Å². The summed E-state index contributed by atoms with van der Waals surface area (Å²) in [6, 6.07) is 8.73. The van der Waals surface area contributed by atoms with E-state index in [4.69, 9.17) is 0 Å². The van der Waals surface area contributed by atoms with Gasteiger partial charge in [-0.3, -0.25) is 19.1 Å². The highest BCUT2D eigenvalue weighted by Crippen LogP contribution is 2.59. The molecule has 4 heterocycles. The molecule has 2 fully saturated rings. The molecule has 4 aromatic rings. The Morgan fingerprint density at radius 2 is 1.84 bits per heavy atom. The van der Waals surface area contributed by atoms with Crippen LogP contribution in [-0.2, 0) is 22.7 Å². The summed E-state index contributed by atoms with van der Waals surface area (Å²) in [7, 11) is 3.92. The Labute approximate surface area is 257 Å². The van der Waals surface area contributed by atoms with Gasteiger partial charge in [-0.15, -0.1) is 0 Å². The molecule has 0 radical (unpaired) electrons. The number of amides is 2. The maximum Gasteiger partial charge on any atom is 0.248 e. The number of likely N-dealkylation sites (tertiary alicyclic amines) is 1. The van der Waals surface area contributed by atoms with Crippen LogP contribution < -0.4 is 5.32 Å². The van der Waals surface area contributed by atoms with Crippen molar-refractivity contribution in [3.05, 3.63) is 64.4 Å². The summed E-state index contributed by atoms with van der Waals surface area (Å²) in [5, 5.41) is 8.14. The fourth-order valence-corrected chi connectivity index (χ4v) is 6.32. The summed E-state index contributed by atoms with van der Waals surface area (Å²) in [5.41, 5.74) is 3.36. The molecule has 11 nitrogen and oxygen atoms in total. The van der Waals surface area contributed by atoms with Crippen molar-refractivity contribution >= 4 is 50.2 Å². The van der Waals surface area contributed by atoms with Crippen molar-refractivity contribution in [2.75, 3.05) is 19.4 Å². The molecule has 3 atom stereocenters. The minimum absolute atomic E-state index is 0.0107. The van der Waals surface area contributed by atoms with Crippen LogP contribution in [0.5, 0.6) is 0 Å². The van der Waals surface area contributed by atoms with Gasteiger partial charge in [0.05, 0.1) is 12.1 Å². The standard InChI is InChI=1S/C31H33BrN8O3/c1-17-6-9-25(32)35-29(17)36-30(43)23-11-31(3)12-24(31)40(23)27(42)16-39-22-8-7-19(10-21(22)28(37-39)18(2)41)20-13-33-26(34-14-20)15-38(4)5/h6-10,13-14,23-24H,11-12,15-16H2,1-5H3,(H,35,36,43)/t23-,24?,31-/m0/s1. The van der Waals surface area contributed by atoms with Gasteiger partial charge in [0, 0.05) is 36.3 Å². The predicted octanol–water partition coefficient (Wildman–Crippen LogP) is 4.24. The number of carbonyl (C=O) groups is 3. The SMILES string of the molecule is CC(=O)c1nn(CC(=O)N2C3C[C@]3(C)C[C@H]2C(=O)Nc2nc(Br)ccc2C)c2ccc(-c3cnc(CN(C)C)nc3)cc12. The molecule has 1 aliphatic carbocycles. The molecule has 1 N–H and O–H groups in total. The molecule has 0 spiro atoms. The number of aryl methyl sites for hydroxylation is 1. The molecular formula is C31H33BrN8O3. The quantitative estimate of drug-likeness (QED) is 0.223. The Morgan fingerprint density at radius 1 is 1.09 bits per heavy atom. The fourth-order valence-electron chi connectivity index (χ4n) is 6.01. The molecular weight excluding hydrogens is 612 g/mol. The zero-order valence-corrected chi connectivity index (χ0v) is 26.3. The summed E-state index contributed by atoms with van der Waals surface area (Å²) < 4.78 is 2.19. The minimum atomic E-state index is -0.618. The maximum absolute atomic E-state index is 13.9. The van der Waals surface area contributed by atoms with Crippen molar-refractivity contribution in [2.24, 2.45) is 5.41 Å². The van der Waals surface area contributed by atoms with E-state index in [1.165, 1.54) is 6.92 Å². The highest BCUT2D eigenvalue weighted by molar-refractivity contribution is 9.10. The molecule has 1 aromatic carbocycles. The molecule has 1 aliphatic heterocycles.